The molecule has 1 N–H and O–H groups in total. The predicted octanol–water partition coefficient (Wildman–Crippen LogP) is 9.33. The number of ketones is 1. The van der Waals surface area contributed by atoms with E-state index in [1.165, 1.54) is 64.2 Å². The summed E-state index contributed by atoms with van der Waals surface area (Å²) >= 11 is 0. The van der Waals surface area contributed by atoms with Crippen LogP contribution in [-0.2, 0) is 4.79 Å². The first-order chi connectivity index (χ1) is 21.1. The highest BCUT2D eigenvalue weighted by molar-refractivity contribution is 6.23. The Kier molecular flexibility index (Phi) is 10.4. The minimum absolute atomic E-state index is 0.0441. The van der Waals surface area contributed by atoms with Crippen molar-refractivity contribution in [3.63, 3.8) is 0 Å². The fourth-order valence-corrected chi connectivity index (χ4v) is 5.85. The molecule has 0 aromatic heterocycles. The van der Waals surface area contributed by atoms with Crippen LogP contribution in [0, 0.1) is 0 Å². The maximum atomic E-state index is 13.3. The first-order valence-electron chi connectivity index (χ1n) is 16.0. The van der Waals surface area contributed by atoms with Crippen molar-refractivity contribution in [3.8, 4) is 5.75 Å². The molecule has 1 aliphatic heterocycles. The molecule has 0 saturated heterocycles. The number of aliphatic hydroxyl groups is 1. The average Bonchev–Trinajstić information content (AvgIpc) is 3.05. The summed E-state index contributed by atoms with van der Waals surface area (Å²) in [6.45, 7) is 3.28. The number of ether oxygens (including phenoxy) is 1. The molecule has 0 amide bonds. The minimum Gasteiger partial charge on any atom is -0.506 e. The molecule has 0 atom stereocenters. The van der Waals surface area contributed by atoms with Crippen LogP contribution in [0.5, 0.6) is 5.75 Å². The van der Waals surface area contributed by atoms with Crippen LogP contribution in [0.25, 0.3) is 11.3 Å². The Bertz CT molecular complexity index is 1530. The second kappa shape index (κ2) is 14.8. The van der Waals surface area contributed by atoms with E-state index in [-0.39, 0.29) is 11.5 Å². The van der Waals surface area contributed by atoms with Crippen LogP contribution in [0.4, 0.5) is 0 Å². The molecule has 222 valence electrons. The van der Waals surface area contributed by atoms with Crippen LogP contribution in [0.1, 0.15) is 82.3 Å². The Balaban J connectivity index is 1.22. The lowest BCUT2D eigenvalue weighted by atomic mass is 9.81. The number of unbranched alkanes of at least 4 members (excludes halogenated alkanes) is 9. The molecule has 0 saturated carbocycles. The number of hydrogen-bond acceptors (Lipinski definition) is 3. The van der Waals surface area contributed by atoms with Crippen LogP contribution >= 0.6 is 0 Å². The molecule has 0 bridgehead atoms. The number of fused-ring (bicyclic) bond motifs is 1. The number of hydrogen-bond donors (Lipinski definition) is 1. The third-order valence-electron chi connectivity index (χ3n) is 8.47. The Morgan fingerprint density at radius 2 is 1.42 bits per heavy atom. The average molecular weight is 575 g/mol. The van der Waals surface area contributed by atoms with Crippen molar-refractivity contribution in [1.82, 2.24) is 0 Å². The van der Waals surface area contributed by atoms with Crippen molar-refractivity contribution in [1.29, 1.82) is 0 Å². The molecule has 0 radical (unpaired) electrons. The van der Waals surface area contributed by atoms with E-state index in [9.17, 15) is 9.90 Å². The highest BCUT2D eigenvalue weighted by atomic mass is 16.5. The van der Waals surface area contributed by atoms with Gasteiger partial charge in [-0.15, -0.1) is 0 Å². The van der Waals surface area contributed by atoms with E-state index in [0.717, 1.165) is 40.3 Å². The number of rotatable bonds is 13. The van der Waals surface area contributed by atoms with Crippen LogP contribution in [0.2, 0.25) is 0 Å². The summed E-state index contributed by atoms with van der Waals surface area (Å²) in [5.74, 6) is 1.33. The molecular formula is C39H44NO3+. The Morgan fingerprint density at radius 1 is 0.791 bits per heavy atom. The third-order valence-corrected chi connectivity index (χ3v) is 8.47. The van der Waals surface area contributed by atoms with Gasteiger partial charge in [-0.25, -0.2) is 4.58 Å². The lowest BCUT2D eigenvalue weighted by molar-refractivity contribution is -0.496. The van der Waals surface area contributed by atoms with Gasteiger partial charge in [-0.3, -0.25) is 4.79 Å². The zero-order valence-corrected chi connectivity index (χ0v) is 25.6. The van der Waals surface area contributed by atoms with Gasteiger partial charge in [0, 0.05) is 29.7 Å². The largest absolute Gasteiger partial charge is 0.506 e. The maximum Gasteiger partial charge on any atom is 0.201 e. The molecule has 43 heavy (non-hydrogen) atoms. The van der Waals surface area contributed by atoms with Crippen molar-refractivity contribution >= 4 is 22.8 Å². The zero-order valence-electron chi connectivity index (χ0n) is 25.6. The van der Waals surface area contributed by atoms with E-state index in [1.54, 1.807) is 6.08 Å². The number of para-hydroxylation sites is 1. The molecular weight excluding hydrogens is 530 g/mol. The molecule has 1 heterocycles. The monoisotopic (exact) mass is 574 g/mol. The normalized spacial score (nSPS) is 16.8. The molecule has 0 spiro atoms. The number of carbonyl (C=O) groups excluding carboxylic acids is 1. The molecule has 5 rings (SSSR count). The molecule has 0 unspecified atom stereocenters. The van der Waals surface area contributed by atoms with Gasteiger partial charge in [0.1, 0.15) is 30.9 Å². The molecule has 4 nitrogen and oxygen atoms in total. The number of allylic oxidation sites excluding steroid dienone is 10. The molecule has 2 aromatic rings. The number of aliphatic hydroxyl groups excluding tert-OH is 1. The summed E-state index contributed by atoms with van der Waals surface area (Å²) in [4.78, 5) is 13.3. The van der Waals surface area contributed by atoms with Gasteiger partial charge in [0.05, 0.1) is 11.1 Å². The lowest BCUT2D eigenvalue weighted by Gasteiger charge is -2.24. The molecule has 4 heteroatoms. The van der Waals surface area contributed by atoms with E-state index in [2.05, 4.69) is 18.5 Å². The van der Waals surface area contributed by atoms with Gasteiger partial charge in [0.15, 0.2) is 5.71 Å². The van der Waals surface area contributed by atoms with Gasteiger partial charge >= 0.3 is 0 Å². The van der Waals surface area contributed by atoms with Crippen molar-refractivity contribution in [2.45, 2.75) is 71.1 Å². The topological polar surface area (TPSA) is 49.5 Å². The van der Waals surface area contributed by atoms with E-state index >= 15 is 0 Å². The van der Waals surface area contributed by atoms with Crippen molar-refractivity contribution in [2.24, 2.45) is 0 Å². The van der Waals surface area contributed by atoms with Gasteiger partial charge in [-0.2, -0.15) is 0 Å². The second-order valence-corrected chi connectivity index (χ2v) is 11.7. The first-order valence-corrected chi connectivity index (χ1v) is 16.0. The first kappa shape index (κ1) is 30.3. The number of Topliss-reactive ketones (excluding diaryl/α,β-unsaturated/α-hetero) is 1. The number of nitrogens with zero attached hydrogens (tertiary/aromatic N) is 1. The summed E-state index contributed by atoms with van der Waals surface area (Å²) in [5, 5.41) is 11.0. The maximum absolute atomic E-state index is 13.3. The SMILES string of the molecule is CCCCCCCCCCCC[N+](C)=C1C=CC(=C2C(=O)C(/C=C3\C=C(c4ccccc4)Oc4ccccc43)=C2O)C=C1. The number of carbonyl (C=O) groups is 1. The molecule has 2 aliphatic carbocycles. The fourth-order valence-electron chi connectivity index (χ4n) is 5.85. The standard InChI is InChI=1S/C39H43NO3/c1-3-4-5-6-7-8-9-10-11-17-26-40(2)32-24-22-30(23-25-32)37-38(41)34(39(37)42)27-31-28-36(29-18-13-12-14-19-29)43-35-21-16-15-20-33(31)35/h12-16,18-25,27-28H,3-11,17,26H2,1-2H3/p+1/b31-27+. The van der Waals surface area contributed by atoms with Crippen molar-refractivity contribution in [2.75, 3.05) is 13.6 Å². The summed E-state index contributed by atoms with van der Waals surface area (Å²) < 4.78 is 8.44. The quantitative estimate of drug-likeness (QED) is 0.147. The van der Waals surface area contributed by atoms with Crippen LogP contribution in [0.15, 0.2) is 114 Å². The van der Waals surface area contributed by atoms with Crippen LogP contribution in [-0.4, -0.2) is 34.8 Å². The van der Waals surface area contributed by atoms with E-state index in [1.807, 2.05) is 85.0 Å². The smallest absolute Gasteiger partial charge is 0.201 e. The van der Waals surface area contributed by atoms with Gasteiger partial charge in [0.25, 0.3) is 0 Å². The Hall–Kier alpha value is -4.18. The van der Waals surface area contributed by atoms with Gasteiger partial charge in [0.2, 0.25) is 5.78 Å². The van der Waals surface area contributed by atoms with E-state index in [0.29, 0.717) is 16.9 Å². The van der Waals surface area contributed by atoms with E-state index in [4.69, 9.17) is 4.74 Å². The van der Waals surface area contributed by atoms with Crippen LogP contribution < -0.4 is 4.74 Å². The Labute approximate surface area is 256 Å². The zero-order chi connectivity index (χ0) is 30.0. The third kappa shape index (κ3) is 7.43. The summed E-state index contributed by atoms with van der Waals surface area (Å²) in [6.07, 6.45) is 25.0. The summed E-state index contributed by atoms with van der Waals surface area (Å²) in [7, 11) is 2.12. The highest BCUT2D eigenvalue weighted by Gasteiger charge is 2.35. The van der Waals surface area contributed by atoms with E-state index < -0.39 is 0 Å². The van der Waals surface area contributed by atoms with Gasteiger partial charge in [-0.05, 0) is 47.9 Å². The summed E-state index contributed by atoms with van der Waals surface area (Å²) in [5.41, 5.74) is 5.24. The van der Waals surface area contributed by atoms with Crippen molar-refractivity contribution < 1.29 is 19.2 Å². The molecule has 2 aromatic carbocycles. The fraction of sp³-hybridized carbons (Fsp3) is 0.333. The molecule has 0 fully saturated rings. The van der Waals surface area contributed by atoms with Crippen LogP contribution in [0.3, 0.4) is 0 Å². The summed E-state index contributed by atoms with van der Waals surface area (Å²) in [6, 6.07) is 17.7. The van der Waals surface area contributed by atoms with Gasteiger partial charge in [-0.1, -0.05) is 107 Å². The second-order valence-electron chi connectivity index (χ2n) is 11.7. The Morgan fingerprint density at radius 3 is 2.09 bits per heavy atom. The van der Waals surface area contributed by atoms with Crippen molar-refractivity contribution in [3.05, 3.63) is 125 Å². The lowest BCUT2D eigenvalue weighted by Crippen LogP contribution is -2.23. The number of benzene rings is 2. The van der Waals surface area contributed by atoms with Gasteiger partial charge < -0.3 is 9.84 Å². The predicted molar refractivity (Wildman–Crippen MR) is 177 cm³/mol. The molecule has 3 aliphatic rings. The minimum atomic E-state index is -0.143. The highest BCUT2D eigenvalue weighted by Crippen LogP contribution is 2.40.